The summed E-state index contributed by atoms with van der Waals surface area (Å²) in [6, 6.07) is 22.5. The molecule has 0 saturated carbocycles. The normalized spacial score (nSPS) is 13.9. The highest BCUT2D eigenvalue weighted by molar-refractivity contribution is 14.1. The number of anilines is 1. The highest BCUT2D eigenvalue weighted by Crippen LogP contribution is 2.27. The summed E-state index contributed by atoms with van der Waals surface area (Å²) in [5, 5.41) is 2.88. The number of benzene rings is 3. The number of carbonyl (C=O) groups excluding carboxylic acids is 3. The molecule has 1 N–H and O–H groups in total. The summed E-state index contributed by atoms with van der Waals surface area (Å²) in [5.41, 5.74) is 2.18. The van der Waals surface area contributed by atoms with E-state index >= 15 is 0 Å². The van der Waals surface area contributed by atoms with Gasteiger partial charge in [0.1, 0.15) is 6.04 Å². The van der Waals surface area contributed by atoms with E-state index in [1.54, 1.807) is 30.3 Å². The molecule has 0 spiro atoms. The lowest BCUT2D eigenvalue weighted by Gasteiger charge is -2.25. The van der Waals surface area contributed by atoms with E-state index in [-0.39, 0.29) is 6.42 Å². The number of hydrogen-bond donors (Lipinski definition) is 1. The molecule has 29 heavy (non-hydrogen) atoms. The molecule has 0 fully saturated rings. The van der Waals surface area contributed by atoms with E-state index in [0.717, 1.165) is 14.0 Å². The van der Waals surface area contributed by atoms with E-state index in [9.17, 15) is 14.4 Å². The summed E-state index contributed by atoms with van der Waals surface area (Å²) in [5.74, 6) is -1.28. The predicted octanol–water partition coefficient (Wildman–Crippen LogP) is 4.14. The molecule has 0 saturated heterocycles. The van der Waals surface area contributed by atoms with E-state index in [2.05, 4.69) is 27.9 Å². The molecule has 0 radical (unpaired) electrons. The molecule has 0 bridgehead atoms. The molecular formula is C23H17IN2O3. The number of fused-ring (bicyclic) bond motifs is 1. The largest absolute Gasteiger partial charge is 0.323 e. The number of carbonyl (C=O) groups is 3. The molecule has 6 heteroatoms. The first-order valence-electron chi connectivity index (χ1n) is 9.12. The van der Waals surface area contributed by atoms with Gasteiger partial charge < -0.3 is 5.32 Å². The van der Waals surface area contributed by atoms with Crippen LogP contribution < -0.4 is 5.32 Å². The molecule has 3 aromatic carbocycles. The monoisotopic (exact) mass is 496 g/mol. The Morgan fingerprint density at radius 3 is 2.00 bits per heavy atom. The van der Waals surface area contributed by atoms with E-state index < -0.39 is 23.8 Å². The van der Waals surface area contributed by atoms with E-state index in [1.165, 1.54) is 0 Å². The van der Waals surface area contributed by atoms with Crippen LogP contribution in [0.2, 0.25) is 0 Å². The fraction of sp³-hybridized carbons (Fsp3) is 0.0870. The van der Waals surface area contributed by atoms with Gasteiger partial charge in [-0.15, -0.1) is 0 Å². The van der Waals surface area contributed by atoms with Gasteiger partial charge in [0.25, 0.3) is 11.8 Å². The Kier molecular flexibility index (Phi) is 5.44. The number of amides is 3. The number of nitrogens with zero attached hydrogens (tertiary/aromatic N) is 1. The summed E-state index contributed by atoms with van der Waals surface area (Å²) >= 11 is 2.14. The molecule has 3 aromatic rings. The van der Waals surface area contributed by atoms with Crippen molar-refractivity contribution in [2.24, 2.45) is 0 Å². The Hall–Kier alpha value is -3.00. The average molecular weight is 496 g/mol. The zero-order chi connectivity index (χ0) is 20.4. The van der Waals surface area contributed by atoms with Gasteiger partial charge in [-0.25, -0.2) is 0 Å². The third-order valence-electron chi connectivity index (χ3n) is 4.84. The van der Waals surface area contributed by atoms with Gasteiger partial charge in [-0.3, -0.25) is 19.3 Å². The highest BCUT2D eigenvalue weighted by atomic mass is 127. The fourth-order valence-corrected chi connectivity index (χ4v) is 3.93. The zero-order valence-electron chi connectivity index (χ0n) is 15.3. The number of rotatable bonds is 5. The Morgan fingerprint density at radius 1 is 0.828 bits per heavy atom. The lowest BCUT2D eigenvalue weighted by Crippen LogP contribution is -2.48. The number of para-hydroxylation sites is 1. The molecule has 0 aromatic heterocycles. The van der Waals surface area contributed by atoms with Gasteiger partial charge in [0, 0.05) is 9.99 Å². The van der Waals surface area contributed by atoms with Gasteiger partial charge in [0.15, 0.2) is 0 Å². The van der Waals surface area contributed by atoms with Gasteiger partial charge in [-0.1, -0.05) is 54.6 Å². The van der Waals surface area contributed by atoms with Crippen LogP contribution in [0.1, 0.15) is 26.3 Å². The van der Waals surface area contributed by atoms with Crippen molar-refractivity contribution in [3.8, 4) is 0 Å². The van der Waals surface area contributed by atoms with Gasteiger partial charge >= 0.3 is 0 Å². The molecule has 0 aliphatic carbocycles. The molecule has 4 rings (SSSR count). The van der Waals surface area contributed by atoms with Gasteiger partial charge in [-0.2, -0.15) is 0 Å². The summed E-state index contributed by atoms with van der Waals surface area (Å²) in [4.78, 5) is 40.3. The fourth-order valence-electron chi connectivity index (χ4n) is 3.41. The maximum Gasteiger partial charge on any atom is 0.262 e. The second-order valence-corrected chi connectivity index (χ2v) is 7.86. The molecule has 5 nitrogen and oxygen atoms in total. The first kappa shape index (κ1) is 19.3. The Balaban J connectivity index is 1.69. The standard InChI is InChI=1S/C23H17IN2O3/c24-18-12-6-7-13-19(18)25-21(27)20(14-15-8-2-1-3-9-15)26-22(28)16-10-4-5-11-17(16)23(26)29/h1-13,20H,14H2,(H,25,27). The second kappa shape index (κ2) is 8.16. The number of halogens is 1. The topological polar surface area (TPSA) is 66.5 Å². The summed E-state index contributed by atoms with van der Waals surface area (Å²) in [6.07, 6.45) is 0.238. The summed E-state index contributed by atoms with van der Waals surface area (Å²) in [6.45, 7) is 0. The van der Waals surface area contributed by atoms with Crippen LogP contribution in [0.15, 0.2) is 78.9 Å². The maximum absolute atomic E-state index is 13.2. The third-order valence-corrected chi connectivity index (χ3v) is 5.78. The van der Waals surface area contributed by atoms with Crippen molar-refractivity contribution >= 4 is 46.0 Å². The molecule has 1 unspecified atom stereocenters. The average Bonchev–Trinajstić information content (AvgIpc) is 2.99. The third kappa shape index (κ3) is 3.80. The maximum atomic E-state index is 13.2. The van der Waals surface area contributed by atoms with Crippen LogP contribution in [0.3, 0.4) is 0 Å². The van der Waals surface area contributed by atoms with E-state index in [1.807, 2.05) is 48.5 Å². The van der Waals surface area contributed by atoms with E-state index in [4.69, 9.17) is 0 Å². The van der Waals surface area contributed by atoms with E-state index in [0.29, 0.717) is 16.8 Å². The second-order valence-electron chi connectivity index (χ2n) is 6.70. The van der Waals surface area contributed by atoms with Crippen LogP contribution in [0.5, 0.6) is 0 Å². The zero-order valence-corrected chi connectivity index (χ0v) is 17.5. The van der Waals surface area contributed by atoms with Crippen LogP contribution in [-0.2, 0) is 11.2 Å². The lowest BCUT2D eigenvalue weighted by atomic mass is 10.0. The van der Waals surface area contributed by atoms with Crippen LogP contribution in [-0.4, -0.2) is 28.7 Å². The van der Waals surface area contributed by atoms with Crippen molar-refractivity contribution < 1.29 is 14.4 Å². The molecule has 1 atom stereocenters. The van der Waals surface area contributed by atoms with Crippen molar-refractivity contribution in [1.82, 2.24) is 4.90 Å². The first-order valence-corrected chi connectivity index (χ1v) is 10.2. The predicted molar refractivity (Wildman–Crippen MR) is 119 cm³/mol. The molecule has 1 aliphatic heterocycles. The first-order chi connectivity index (χ1) is 14.1. The van der Waals surface area contributed by atoms with Crippen LogP contribution in [0.25, 0.3) is 0 Å². The minimum atomic E-state index is -0.958. The summed E-state index contributed by atoms with van der Waals surface area (Å²) in [7, 11) is 0. The van der Waals surface area contributed by atoms with Crippen molar-refractivity contribution in [1.29, 1.82) is 0 Å². The van der Waals surface area contributed by atoms with Crippen LogP contribution in [0.4, 0.5) is 5.69 Å². The van der Waals surface area contributed by atoms with Crippen molar-refractivity contribution in [3.05, 3.63) is 99.1 Å². The molecule has 144 valence electrons. The molecule has 1 aliphatic rings. The Labute approximate surface area is 181 Å². The SMILES string of the molecule is O=C(Nc1ccccc1I)C(Cc1ccccc1)N1C(=O)c2ccccc2C1=O. The van der Waals surface area contributed by atoms with Crippen molar-refractivity contribution in [2.45, 2.75) is 12.5 Å². The van der Waals surface area contributed by atoms with Crippen LogP contribution in [0, 0.1) is 3.57 Å². The van der Waals surface area contributed by atoms with Crippen molar-refractivity contribution in [3.63, 3.8) is 0 Å². The molecular weight excluding hydrogens is 479 g/mol. The summed E-state index contributed by atoms with van der Waals surface area (Å²) < 4.78 is 0.874. The smallest absolute Gasteiger partial charge is 0.262 e. The minimum absolute atomic E-state index is 0.238. The van der Waals surface area contributed by atoms with Gasteiger partial charge in [0.05, 0.1) is 16.8 Å². The lowest BCUT2D eigenvalue weighted by molar-refractivity contribution is -0.119. The number of hydrogen-bond acceptors (Lipinski definition) is 3. The quantitative estimate of drug-likeness (QED) is 0.427. The van der Waals surface area contributed by atoms with Crippen LogP contribution >= 0.6 is 22.6 Å². The highest BCUT2D eigenvalue weighted by Gasteiger charge is 2.42. The molecule has 1 heterocycles. The van der Waals surface area contributed by atoms with Crippen molar-refractivity contribution in [2.75, 3.05) is 5.32 Å². The molecule has 3 amide bonds. The Morgan fingerprint density at radius 2 is 1.38 bits per heavy atom. The van der Waals surface area contributed by atoms with Gasteiger partial charge in [-0.05, 0) is 52.4 Å². The minimum Gasteiger partial charge on any atom is -0.323 e. The Bertz CT molecular complexity index is 1060. The van der Waals surface area contributed by atoms with Gasteiger partial charge in [0.2, 0.25) is 5.91 Å². The number of imide groups is 1. The number of nitrogens with one attached hydrogen (secondary N) is 1.